The number of rotatable bonds is 5. The molecule has 9 heteroatoms. The molecule has 0 bridgehead atoms. The maximum atomic E-state index is 12.2. The highest BCUT2D eigenvalue weighted by Gasteiger charge is 2.48. The van der Waals surface area contributed by atoms with Crippen molar-refractivity contribution in [1.29, 1.82) is 0 Å². The van der Waals surface area contributed by atoms with Gasteiger partial charge in [0.25, 0.3) is 0 Å². The first kappa shape index (κ1) is 18.3. The summed E-state index contributed by atoms with van der Waals surface area (Å²) in [5.41, 5.74) is -4.97. The van der Waals surface area contributed by atoms with Gasteiger partial charge in [0.1, 0.15) is 5.75 Å². The van der Waals surface area contributed by atoms with Crippen LogP contribution in [0.3, 0.4) is 0 Å². The number of amides is 1. The van der Waals surface area contributed by atoms with Crippen LogP contribution in [0, 0.1) is 0 Å². The Morgan fingerprint density at radius 1 is 1.14 bits per heavy atom. The monoisotopic (exact) mass is 339 g/mol. The minimum absolute atomic E-state index is 0.0468. The first-order chi connectivity index (χ1) is 9.94. The lowest BCUT2D eigenvalue weighted by Crippen LogP contribution is -2.33. The highest BCUT2D eigenvalue weighted by molar-refractivity contribution is 7.87. The zero-order valence-electron chi connectivity index (χ0n) is 12.1. The van der Waals surface area contributed by atoms with E-state index in [0.29, 0.717) is 5.56 Å². The fraction of sp³-hybridized carbons (Fsp3) is 0.462. The van der Waals surface area contributed by atoms with Crippen molar-refractivity contribution in [1.82, 2.24) is 5.32 Å². The van der Waals surface area contributed by atoms with Gasteiger partial charge in [-0.25, -0.2) is 0 Å². The van der Waals surface area contributed by atoms with Crippen LogP contribution in [0.15, 0.2) is 24.3 Å². The number of carbonyl (C=O) groups excluding carboxylic acids is 1. The summed E-state index contributed by atoms with van der Waals surface area (Å²) in [5.74, 6) is -1.25. The first-order valence-electron chi connectivity index (χ1n) is 6.35. The second kappa shape index (κ2) is 6.55. The van der Waals surface area contributed by atoms with Gasteiger partial charge in [-0.05, 0) is 38.5 Å². The number of halogens is 3. The molecule has 0 fully saturated rings. The molecule has 5 nitrogen and oxygen atoms in total. The molecule has 1 aromatic rings. The third-order valence-corrected chi connectivity index (χ3v) is 3.67. The Morgan fingerprint density at radius 2 is 1.64 bits per heavy atom. The van der Waals surface area contributed by atoms with E-state index in [1.54, 1.807) is 20.8 Å². The summed E-state index contributed by atoms with van der Waals surface area (Å²) in [4.78, 5) is 11.8. The van der Waals surface area contributed by atoms with Crippen LogP contribution in [-0.2, 0) is 14.9 Å². The third-order valence-electron chi connectivity index (χ3n) is 2.69. The number of carbonyl (C=O) groups is 1. The van der Waals surface area contributed by atoms with Crippen LogP contribution in [0.5, 0.6) is 5.75 Å². The van der Waals surface area contributed by atoms with Crippen molar-refractivity contribution < 1.29 is 30.6 Å². The molecule has 0 saturated heterocycles. The van der Waals surface area contributed by atoms with E-state index in [-0.39, 0.29) is 11.9 Å². The van der Waals surface area contributed by atoms with Crippen LogP contribution in [-0.4, -0.2) is 25.9 Å². The van der Waals surface area contributed by atoms with E-state index in [1.165, 1.54) is 12.1 Å². The van der Waals surface area contributed by atoms with Crippen molar-refractivity contribution in [2.45, 2.75) is 38.2 Å². The normalized spacial score (nSPS) is 13.8. The molecular formula is C13H16F3NO4S. The van der Waals surface area contributed by atoms with Crippen molar-refractivity contribution in [3.63, 3.8) is 0 Å². The van der Waals surface area contributed by atoms with Crippen molar-refractivity contribution in [3.8, 4) is 5.75 Å². The fourth-order valence-electron chi connectivity index (χ4n) is 1.55. The maximum absolute atomic E-state index is 12.2. The predicted octanol–water partition coefficient (Wildman–Crippen LogP) is 2.54. The van der Waals surface area contributed by atoms with Gasteiger partial charge < -0.3 is 9.50 Å². The van der Waals surface area contributed by atoms with E-state index in [4.69, 9.17) is 0 Å². The van der Waals surface area contributed by atoms with Gasteiger partial charge in [-0.1, -0.05) is 12.1 Å². The first-order valence-corrected chi connectivity index (χ1v) is 7.76. The Balaban J connectivity index is 2.86. The quantitative estimate of drug-likeness (QED) is 0.661. The van der Waals surface area contributed by atoms with E-state index < -0.39 is 27.3 Å². The Labute approximate surface area is 126 Å². The molecule has 1 rings (SSSR count). The van der Waals surface area contributed by atoms with E-state index in [1.807, 2.05) is 0 Å². The lowest BCUT2D eigenvalue weighted by molar-refractivity contribution is -0.122. The molecule has 1 amide bonds. The molecule has 0 unspecified atom stereocenters. The zero-order valence-corrected chi connectivity index (χ0v) is 13.0. The van der Waals surface area contributed by atoms with Gasteiger partial charge in [0.05, 0.1) is 5.92 Å². The molecule has 0 aliphatic carbocycles. The molecule has 0 radical (unpaired) electrons. The van der Waals surface area contributed by atoms with Gasteiger partial charge in [-0.15, -0.1) is 0 Å². The molecule has 1 aromatic carbocycles. The summed E-state index contributed by atoms with van der Waals surface area (Å²) in [6.07, 6.45) is 0. The molecule has 0 saturated carbocycles. The average Bonchev–Trinajstić information content (AvgIpc) is 2.36. The highest BCUT2D eigenvalue weighted by atomic mass is 32.2. The van der Waals surface area contributed by atoms with Crippen molar-refractivity contribution >= 4 is 16.0 Å². The average molecular weight is 339 g/mol. The van der Waals surface area contributed by atoms with E-state index in [0.717, 1.165) is 12.1 Å². The molecule has 124 valence electrons. The standard InChI is InChI=1S/C13H16F3NO4S/c1-8(2)17-12(18)9(3)10-4-6-11(7-5-10)21-22(19,20)13(14,15)16/h4-9H,1-3H3,(H,17,18)/t9-/m1/s1. The Bertz CT molecular complexity index is 624. The molecule has 1 N–H and O–H groups in total. The van der Waals surface area contributed by atoms with Crippen LogP contribution in [0.1, 0.15) is 32.3 Å². The molecular weight excluding hydrogens is 323 g/mol. The fourth-order valence-corrected chi connectivity index (χ4v) is 2.01. The number of benzene rings is 1. The third kappa shape index (κ3) is 4.62. The van der Waals surface area contributed by atoms with Crippen LogP contribution in [0.25, 0.3) is 0 Å². The van der Waals surface area contributed by atoms with Crippen LogP contribution >= 0.6 is 0 Å². The maximum Gasteiger partial charge on any atom is 0.534 e. The minimum atomic E-state index is -5.70. The summed E-state index contributed by atoms with van der Waals surface area (Å²) in [7, 11) is -5.70. The topological polar surface area (TPSA) is 72.5 Å². The summed E-state index contributed by atoms with van der Waals surface area (Å²) < 4.78 is 62.3. The molecule has 1 atom stereocenters. The minimum Gasteiger partial charge on any atom is -0.376 e. The summed E-state index contributed by atoms with van der Waals surface area (Å²) in [5, 5.41) is 2.70. The van der Waals surface area contributed by atoms with Gasteiger partial charge in [-0.3, -0.25) is 4.79 Å². The number of hydrogen-bond donors (Lipinski definition) is 1. The Kier molecular flexibility index (Phi) is 5.44. The second-order valence-corrected chi connectivity index (χ2v) is 6.48. The van der Waals surface area contributed by atoms with Crippen LogP contribution < -0.4 is 9.50 Å². The molecule has 22 heavy (non-hydrogen) atoms. The summed E-state index contributed by atoms with van der Waals surface area (Å²) >= 11 is 0. The van der Waals surface area contributed by atoms with Gasteiger partial charge in [0.15, 0.2) is 0 Å². The SMILES string of the molecule is CC(C)NC(=O)[C@H](C)c1ccc(OS(=O)(=O)C(F)(F)F)cc1. The summed E-state index contributed by atoms with van der Waals surface area (Å²) in [6, 6.07) is 4.77. The lowest BCUT2D eigenvalue weighted by Gasteiger charge is -2.15. The lowest BCUT2D eigenvalue weighted by atomic mass is 10.00. The zero-order chi connectivity index (χ0) is 17.1. The van der Waals surface area contributed by atoms with Crippen molar-refractivity contribution in [2.75, 3.05) is 0 Å². The van der Waals surface area contributed by atoms with Gasteiger partial charge in [0, 0.05) is 6.04 Å². The molecule has 0 spiro atoms. The largest absolute Gasteiger partial charge is 0.534 e. The van der Waals surface area contributed by atoms with Crippen molar-refractivity contribution in [3.05, 3.63) is 29.8 Å². The van der Waals surface area contributed by atoms with Crippen molar-refractivity contribution in [2.24, 2.45) is 0 Å². The van der Waals surface area contributed by atoms with Gasteiger partial charge >= 0.3 is 15.6 Å². The van der Waals surface area contributed by atoms with Crippen LogP contribution in [0.4, 0.5) is 13.2 Å². The van der Waals surface area contributed by atoms with E-state index in [2.05, 4.69) is 9.50 Å². The number of alkyl halides is 3. The summed E-state index contributed by atoms with van der Waals surface area (Å²) in [6.45, 7) is 5.22. The Hall–Kier alpha value is -1.77. The van der Waals surface area contributed by atoms with E-state index in [9.17, 15) is 26.4 Å². The van der Waals surface area contributed by atoms with E-state index >= 15 is 0 Å². The number of hydrogen-bond acceptors (Lipinski definition) is 4. The molecule has 0 heterocycles. The highest BCUT2D eigenvalue weighted by Crippen LogP contribution is 2.27. The smallest absolute Gasteiger partial charge is 0.376 e. The predicted molar refractivity (Wildman–Crippen MR) is 73.7 cm³/mol. The molecule has 0 aromatic heterocycles. The molecule has 0 aliphatic heterocycles. The number of nitrogens with one attached hydrogen (secondary N) is 1. The Morgan fingerprint density at radius 3 is 2.05 bits per heavy atom. The molecule has 0 aliphatic rings. The van der Waals surface area contributed by atoms with Gasteiger partial charge in [-0.2, -0.15) is 21.6 Å². The van der Waals surface area contributed by atoms with Crippen LogP contribution in [0.2, 0.25) is 0 Å². The van der Waals surface area contributed by atoms with Gasteiger partial charge in [0.2, 0.25) is 5.91 Å². The second-order valence-electron chi connectivity index (χ2n) is 4.94.